The molecule has 0 radical (unpaired) electrons. The van der Waals surface area contributed by atoms with Crippen molar-refractivity contribution in [2.45, 2.75) is 0 Å². The highest BCUT2D eigenvalue weighted by molar-refractivity contribution is 6.02. The number of anilines is 1. The summed E-state index contributed by atoms with van der Waals surface area (Å²) in [5.74, 6) is 0.626. The number of carbonyl (C=O) groups excluding carboxylic acids is 1. The molecule has 0 aliphatic rings. The first-order valence-electron chi connectivity index (χ1n) is 5.72. The highest BCUT2D eigenvalue weighted by Crippen LogP contribution is 2.29. The third kappa shape index (κ3) is 2.94. The number of aromatic amines is 1. The first kappa shape index (κ1) is 13.6. The van der Waals surface area contributed by atoms with Gasteiger partial charge in [-0.2, -0.15) is 0 Å². The molecule has 0 bridgehead atoms. The van der Waals surface area contributed by atoms with Crippen LogP contribution in [0.15, 0.2) is 35.4 Å². The minimum absolute atomic E-state index is 0.111. The zero-order valence-electron chi connectivity index (χ0n) is 11.0. The quantitative estimate of drug-likeness (QED) is 0.869. The summed E-state index contributed by atoms with van der Waals surface area (Å²) in [5.41, 5.74) is 0.271. The molecule has 1 aromatic heterocycles. The van der Waals surface area contributed by atoms with Crippen LogP contribution in [0.3, 0.4) is 0 Å². The summed E-state index contributed by atoms with van der Waals surface area (Å²) in [6, 6.07) is 4.97. The largest absolute Gasteiger partial charge is 0.493 e. The molecule has 0 aliphatic carbocycles. The van der Waals surface area contributed by atoms with E-state index in [1.54, 1.807) is 18.2 Å². The second-order valence-corrected chi connectivity index (χ2v) is 3.82. The maximum atomic E-state index is 11.9. The van der Waals surface area contributed by atoms with Crippen LogP contribution >= 0.6 is 0 Å². The van der Waals surface area contributed by atoms with E-state index in [0.717, 1.165) is 6.20 Å². The Bertz CT molecular complexity index is 661. The van der Waals surface area contributed by atoms with Gasteiger partial charge in [0, 0.05) is 18.0 Å². The van der Waals surface area contributed by atoms with Crippen molar-refractivity contribution in [1.82, 2.24) is 9.97 Å². The topological polar surface area (TPSA) is 93.3 Å². The third-order valence-electron chi connectivity index (χ3n) is 2.55. The number of hydrogen-bond acceptors (Lipinski definition) is 5. The molecule has 1 aromatic carbocycles. The number of H-pyrrole nitrogens is 1. The van der Waals surface area contributed by atoms with E-state index in [2.05, 4.69) is 15.3 Å². The molecule has 0 unspecified atom stereocenters. The molecule has 0 saturated heterocycles. The summed E-state index contributed by atoms with van der Waals surface area (Å²) in [4.78, 5) is 28.9. The number of nitrogens with zero attached hydrogens (tertiary/aromatic N) is 1. The number of aromatic nitrogens is 2. The van der Waals surface area contributed by atoms with Crippen LogP contribution in [0.4, 0.5) is 5.69 Å². The predicted molar refractivity (Wildman–Crippen MR) is 72.4 cm³/mol. The number of nitrogens with one attached hydrogen (secondary N) is 2. The van der Waals surface area contributed by atoms with Gasteiger partial charge in [-0.1, -0.05) is 0 Å². The molecule has 0 spiro atoms. The van der Waals surface area contributed by atoms with E-state index in [0.29, 0.717) is 17.2 Å². The molecule has 2 aromatic rings. The Balaban J connectivity index is 2.19. The fourth-order valence-electron chi connectivity index (χ4n) is 1.58. The van der Waals surface area contributed by atoms with Crippen molar-refractivity contribution in [2.75, 3.05) is 19.5 Å². The number of carbonyl (C=O) groups is 1. The van der Waals surface area contributed by atoms with Crippen LogP contribution in [0.1, 0.15) is 10.5 Å². The molecule has 0 atom stereocenters. The van der Waals surface area contributed by atoms with Crippen molar-refractivity contribution in [3.63, 3.8) is 0 Å². The standard InChI is InChI=1S/C13H13N3O4/c1-19-10-4-3-8(5-11(10)20-2)16-13(18)9-6-15-12(17)7-14-9/h3-7H,1-2H3,(H,15,17)(H,16,18). The summed E-state index contributed by atoms with van der Waals surface area (Å²) in [6.07, 6.45) is 2.29. The van der Waals surface area contributed by atoms with Gasteiger partial charge in [-0.3, -0.25) is 9.59 Å². The Morgan fingerprint density at radius 1 is 1.25 bits per heavy atom. The van der Waals surface area contributed by atoms with Crippen molar-refractivity contribution in [1.29, 1.82) is 0 Å². The molecule has 1 heterocycles. The lowest BCUT2D eigenvalue weighted by Gasteiger charge is -2.10. The first-order chi connectivity index (χ1) is 9.63. The zero-order valence-corrected chi connectivity index (χ0v) is 11.0. The van der Waals surface area contributed by atoms with Crippen molar-refractivity contribution in [3.8, 4) is 11.5 Å². The van der Waals surface area contributed by atoms with Crippen LogP contribution < -0.4 is 20.3 Å². The highest BCUT2D eigenvalue weighted by Gasteiger charge is 2.10. The maximum Gasteiger partial charge on any atom is 0.275 e. The summed E-state index contributed by atoms with van der Waals surface area (Å²) < 4.78 is 10.2. The predicted octanol–water partition coefficient (Wildman–Crippen LogP) is 1.04. The van der Waals surface area contributed by atoms with Gasteiger partial charge in [0.2, 0.25) is 0 Å². The average Bonchev–Trinajstić information content (AvgIpc) is 2.47. The minimum Gasteiger partial charge on any atom is -0.493 e. The second-order valence-electron chi connectivity index (χ2n) is 3.82. The number of hydrogen-bond donors (Lipinski definition) is 2. The SMILES string of the molecule is COc1ccc(NC(=O)c2c[nH]c(=O)cn2)cc1OC. The number of benzene rings is 1. The molecule has 104 valence electrons. The van der Waals surface area contributed by atoms with Gasteiger partial charge >= 0.3 is 0 Å². The third-order valence-corrected chi connectivity index (χ3v) is 2.55. The highest BCUT2D eigenvalue weighted by atomic mass is 16.5. The summed E-state index contributed by atoms with van der Waals surface area (Å²) in [7, 11) is 3.04. The molecule has 0 saturated carbocycles. The van der Waals surface area contributed by atoms with E-state index in [1.165, 1.54) is 20.4 Å². The van der Waals surface area contributed by atoms with Crippen molar-refractivity contribution >= 4 is 11.6 Å². The Morgan fingerprint density at radius 3 is 2.60 bits per heavy atom. The van der Waals surface area contributed by atoms with Crippen molar-refractivity contribution in [3.05, 3.63) is 46.6 Å². The van der Waals surface area contributed by atoms with Gasteiger partial charge < -0.3 is 19.8 Å². The molecule has 2 N–H and O–H groups in total. The van der Waals surface area contributed by atoms with Gasteiger partial charge in [0.25, 0.3) is 11.5 Å². The van der Waals surface area contributed by atoms with Crippen LogP contribution in [-0.2, 0) is 0 Å². The Labute approximate surface area is 114 Å². The number of ether oxygens (including phenoxy) is 2. The molecule has 0 fully saturated rings. The molecule has 7 heteroatoms. The van der Waals surface area contributed by atoms with E-state index in [1.807, 2.05) is 0 Å². The molecule has 7 nitrogen and oxygen atoms in total. The summed E-state index contributed by atoms with van der Waals surface area (Å²) in [5, 5.41) is 2.64. The first-order valence-corrected chi connectivity index (χ1v) is 5.72. The molecular weight excluding hydrogens is 262 g/mol. The normalized spacial score (nSPS) is 9.90. The van der Waals surface area contributed by atoms with Gasteiger partial charge in [0.05, 0.1) is 20.4 Å². The van der Waals surface area contributed by atoms with E-state index < -0.39 is 5.91 Å². The smallest absolute Gasteiger partial charge is 0.275 e. The number of rotatable bonds is 4. The van der Waals surface area contributed by atoms with Gasteiger partial charge in [-0.15, -0.1) is 0 Å². The van der Waals surface area contributed by atoms with Gasteiger partial charge in [-0.25, -0.2) is 4.98 Å². The Kier molecular flexibility index (Phi) is 3.99. The average molecular weight is 275 g/mol. The van der Waals surface area contributed by atoms with Crippen molar-refractivity contribution < 1.29 is 14.3 Å². The summed E-state index contributed by atoms with van der Waals surface area (Å²) >= 11 is 0. The second kappa shape index (κ2) is 5.87. The monoisotopic (exact) mass is 275 g/mol. The molecule has 20 heavy (non-hydrogen) atoms. The van der Waals surface area contributed by atoms with E-state index in [-0.39, 0.29) is 11.3 Å². The number of amides is 1. The molecule has 0 aliphatic heterocycles. The van der Waals surface area contributed by atoms with Crippen LogP contribution in [-0.4, -0.2) is 30.1 Å². The van der Waals surface area contributed by atoms with E-state index in [4.69, 9.17) is 9.47 Å². The van der Waals surface area contributed by atoms with E-state index >= 15 is 0 Å². The maximum absolute atomic E-state index is 11.9. The van der Waals surface area contributed by atoms with Gasteiger partial charge in [-0.05, 0) is 12.1 Å². The van der Waals surface area contributed by atoms with Gasteiger partial charge in [0.15, 0.2) is 11.5 Å². The van der Waals surface area contributed by atoms with Crippen LogP contribution in [0.25, 0.3) is 0 Å². The lowest BCUT2D eigenvalue weighted by atomic mass is 10.2. The minimum atomic E-state index is -0.437. The van der Waals surface area contributed by atoms with E-state index in [9.17, 15) is 9.59 Å². The number of methoxy groups -OCH3 is 2. The van der Waals surface area contributed by atoms with Gasteiger partial charge in [0.1, 0.15) is 5.69 Å². The fraction of sp³-hybridized carbons (Fsp3) is 0.154. The Hall–Kier alpha value is -2.83. The molecular formula is C13H13N3O4. The fourth-order valence-corrected chi connectivity index (χ4v) is 1.58. The summed E-state index contributed by atoms with van der Waals surface area (Å²) in [6.45, 7) is 0. The Morgan fingerprint density at radius 2 is 2.00 bits per heavy atom. The lowest BCUT2D eigenvalue weighted by Crippen LogP contribution is -2.16. The zero-order chi connectivity index (χ0) is 14.5. The molecule has 2 rings (SSSR count). The lowest BCUT2D eigenvalue weighted by molar-refractivity contribution is 0.102. The van der Waals surface area contributed by atoms with Crippen LogP contribution in [0, 0.1) is 0 Å². The van der Waals surface area contributed by atoms with Crippen LogP contribution in [0.5, 0.6) is 11.5 Å². The van der Waals surface area contributed by atoms with Crippen LogP contribution in [0.2, 0.25) is 0 Å². The van der Waals surface area contributed by atoms with Crippen molar-refractivity contribution in [2.24, 2.45) is 0 Å². The molecule has 1 amide bonds.